The maximum atomic E-state index is 12.6. The first kappa shape index (κ1) is 25.9. The van der Waals surface area contributed by atoms with Gasteiger partial charge in [-0.05, 0) is 48.4 Å². The fourth-order valence-electron chi connectivity index (χ4n) is 3.05. The Kier molecular flexibility index (Phi) is 9.87. The summed E-state index contributed by atoms with van der Waals surface area (Å²) in [6.07, 6.45) is 2.73. The van der Waals surface area contributed by atoms with Crippen LogP contribution >= 0.6 is 11.6 Å². The highest BCUT2D eigenvalue weighted by molar-refractivity contribution is 6.32. The Bertz CT molecular complexity index is 1010. The number of carbonyl (C=O) groups is 2. The summed E-state index contributed by atoms with van der Waals surface area (Å²) in [7, 11) is 6.08. The Morgan fingerprint density at radius 3 is 2.24 bits per heavy atom. The van der Waals surface area contributed by atoms with Gasteiger partial charge in [-0.1, -0.05) is 17.7 Å². The predicted octanol–water partition coefficient (Wildman–Crippen LogP) is 3.98. The van der Waals surface area contributed by atoms with Crippen LogP contribution in [0.5, 0.6) is 23.0 Å². The molecule has 0 bridgehead atoms. The molecule has 0 fully saturated rings. The molecule has 2 aromatic carbocycles. The van der Waals surface area contributed by atoms with E-state index in [1.54, 1.807) is 43.4 Å². The van der Waals surface area contributed by atoms with E-state index in [0.717, 1.165) is 5.56 Å². The molecule has 8 nitrogen and oxygen atoms in total. The molecule has 1 amide bonds. The normalized spacial score (nSPS) is 10.6. The lowest BCUT2D eigenvalue weighted by molar-refractivity contribution is -0.148. The second-order valence-corrected chi connectivity index (χ2v) is 7.18. The van der Waals surface area contributed by atoms with Crippen LogP contribution in [-0.2, 0) is 20.9 Å². The lowest BCUT2D eigenvalue weighted by Gasteiger charge is -2.21. The van der Waals surface area contributed by atoms with E-state index >= 15 is 0 Å². The summed E-state index contributed by atoms with van der Waals surface area (Å²) in [5.74, 6) is 1.04. The number of amides is 1. The second-order valence-electron chi connectivity index (χ2n) is 6.78. The summed E-state index contributed by atoms with van der Waals surface area (Å²) in [5.41, 5.74) is 1.48. The third-order valence-corrected chi connectivity index (χ3v) is 5.04. The number of likely N-dealkylation sites (N-methyl/N-ethyl adjacent to an activating group) is 1. The Labute approximate surface area is 198 Å². The first-order valence-corrected chi connectivity index (χ1v) is 10.5. The molecule has 2 rings (SSSR count). The Morgan fingerprint density at radius 2 is 1.64 bits per heavy atom. The number of halogens is 1. The largest absolute Gasteiger partial charge is 0.493 e. The molecule has 0 aromatic heterocycles. The number of hydrogen-bond acceptors (Lipinski definition) is 7. The number of benzene rings is 2. The van der Waals surface area contributed by atoms with Crippen molar-refractivity contribution in [2.24, 2.45) is 0 Å². The highest BCUT2D eigenvalue weighted by atomic mass is 35.5. The van der Waals surface area contributed by atoms with Gasteiger partial charge in [0.1, 0.15) is 0 Å². The predicted molar refractivity (Wildman–Crippen MR) is 125 cm³/mol. The fraction of sp³-hybridized carbons (Fsp3) is 0.333. The molecule has 0 unspecified atom stereocenters. The minimum atomic E-state index is -0.656. The van der Waals surface area contributed by atoms with Crippen LogP contribution in [0.1, 0.15) is 18.1 Å². The van der Waals surface area contributed by atoms with Crippen LogP contribution in [0.4, 0.5) is 0 Å². The van der Waals surface area contributed by atoms with Gasteiger partial charge in [-0.3, -0.25) is 4.79 Å². The van der Waals surface area contributed by atoms with Crippen molar-refractivity contribution < 1.29 is 33.3 Å². The first-order chi connectivity index (χ1) is 15.9. The molecule has 33 heavy (non-hydrogen) atoms. The molecule has 9 heteroatoms. The Balaban J connectivity index is 1.97. The van der Waals surface area contributed by atoms with E-state index in [9.17, 15) is 9.59 Å². The molecule has 0 aliphatic rings. The number of ether oxygens (including phenoxy) is 5. The number of esters is 1. The van der Waals surface area contributed by atoms with E-state index in [1.807, 2.05) is 13.0 Å². The molecule has 2 aromatic rings. The van der Waals surface area contributed by atoms with Crippen molar-refractivity contribution in [3.8, 4) is 23.0 Å². The molecule has 0 aliphatic carbocycles. The summed E-state index contributed by atoms with van der Waals surface area (Å²) >= 11 is 6.16. The second kappa shape index (κ2) is 12.6. The molecule has 0 saturated heterocycles. The van der Waals surface area contributed by atoms with Gasteiger partial charge in [0.15, 0.2) is 29.6 Å². The van der Waals surface area contributed by atoms with E-state index in [4.69, 9.17) is 35.3 Å². The van der Waals surface area contributed by atoms with Gasteiger partial charge in [0, 0.05) is 19.2 Å². The van der Waals surface area contributed by atoms with Crippen molar-refractivity contribution in [2.75, 3.05) is 41.6 Å². The van der Waals surface area contributed by atoms with Gasteiger partial charge in [0.25, 0.3) is 5.91 Å². The average Bonchev–Trinajstić information content (AvgIpc) is 2.83. The average molecular weight is 478 g/mol. The van der Waals surface area contributed by atoms with Crippen molar-refractivity contribution >= 4 is 29.6 Å². The smallest absolute Gasteiger partial charge is 0.331 e. The van der Waals surface area contributed by atoms with Gasteiger partial charge in [-0.2, -0.15) is 0 Å². The molecular weight excluding hydrogens is 450 g/mol. The van der Waals surface area contributed by atoms with Gasteiger partial charge < -0.3 is 28.6 Å². The van der Waals surface area contributed by atoms with Crippen LogP contribution in [0.3, 0.4) is 0 Å². The quantitative estimate of drug-likeness (QED) is 0.357. The zero-order valence-electron chi connectivity index (χ0n) is 19.3. The number of nitrogens with zero attached hydrogens (tertiary/aromatic N) is 1. The molecule has 0 heterocycles. The van der Waals surface area contributed by atoms with Crippen molar-refractivity contribution in [3.05, 3.63) is 52.6 Å². The molecule has 0 aliphatic heterocycles. The first-order valence-electron chi connectivity index (χ1n) is 10.1. The Hall–Kier alpha value is -3.39. The lowest BCUT2D eigenvalue weighted by atomic mass is 10.2. The van der Waals surface area contributed by atoms with Crippen LogP contribution in [0.2, 0.25) is 5.02 Å². The minimum absolute atomic E-state index is 0.316. The summed E-state index contributed by atoms with van der Waals surface area (Å²) in [5, 5.41) is 0.341. The maximum absolute atomic E-state index is 12.6. The topological polar surface area (TPSA) is 83.5 Å². The zero-order chi connectivity index (χ0) is 24.4. The molecule has 0 radical (unpaired) electrons. The summed E-state index contributed by atoms with van der Waals surface area (Å²) in [4.78, 5) is 26.2. The van der Waals surface area contributed by atoms with Crippen molar-refractivity contribution in [1.29, 1.82) is 0 Å². The molecule has 0 spiro atoms. The van der Waals surface area contributed by atoms with Gasteiger partial charge >= 0.3 is 5.97 Å². The fourth-order valence-corrected chi connectivity index (χ4v) is 3.34. The van der Waals surface area contributed by atoms with Gasteiger partial charge in [-0.15, -0.1) is 0 Å². The number of rotatable bonds is 11. The third-order valence-electron chi connectivity index (χ3n) is 4.76. The van der Waals surface area contributed by atoms with Crippen molar-refractivity contribution in [2.45, 2.75) is 13.5 Å². The highest BCUT2D eigenvalue weighted by Gasteiger charge is 2.16. The van der Waals surface area contributed by atoms with Gasteiger partial charge in [-0.25, -0.2) is 4.79 Å². The highest BCUT2D eigenvalue weighted by Crippen LogP contribution is 2.36. The molecular formula is C24H28ClNO7. The standard InChI is InChI=1S/C24H28ClNO7/c1-6-26(14-17-7-9-19(29-2)20(13-17)30-3)22(27)15-33-23(28)10-8-16-11-18(25)24(32-5)21(12-16)31-4/h7-13H,6,14-15H2,1-5H3/b10-8+. The van der Waals surface area contributed by atoms with E-state index in [-0.39, 0.29) is 12.5 Å². The molecule has 178 valence electrons. The van der Waals surface area contributed by atoms with E-state index in [2.05, 4.69) is 0 Å². The lowest BCUT2D eigenvalue weighted by Crippen LogP contribution is -2.34. The van der Waals surface area contributed by atoms with E-state index < -0.39 is 5.97 Å². The minimum Gasteiger partial charge on any atom is -0.493 e. The zero-order valence-corrected chi connectivity index (χ0v) is 20.1. The van der Waals surface area contributed by atoms with Crippen LogP contribution in [0.15, 0.2) is 36.4 Å². The van der Waals surface area contributed by atoms with Crippen LogP contribution < -0.4 is 18.9 Å². The molecule has 0 N–H and O–H groups in total. The third kappa shape index (κ3) is 7.05. The number of carbonyl (C=O) groups excluding carboxylic acids is 2. The van der Waals surface area contributed by atoms with Gasteiger partial charge in [0.05, 0.1) is 33.5 Å². The van der Waals surface area contributed by atoms with Crippen LogP contribution in [-0.4, -0.2) is 58.4 Å². The van der Waals surface area contributed by atoms with E-state index in [0.29, 0.717) is 46.7 Å². The summed E-state index contributed by atoms with van der Waals surface area (Å²) < 4.78 is 26.1. The van der Waals surface area contributed by atoms with E-state index in [1.165, 1.54) is 26.4 Å². The Morgan fingerprint density at radius 1 is 0.939 bits per heavy atom. The molecule has 0 atom stereocenters. The SMILES string of the molecule is CCN(Cc1ccc(OC)c(OC)c1)C(=O)COC(=O)/C=C/c1cc(Cl)c(OC)c(OC)c1. The van der Waals surface area contributed by atoms with Gasteiger partial charge in [0.2, 0.25) is 0 Å². The summed E-state index contributed by atoms with van der Waals surface area (Å²) in [6.45, 7) is 2.26. The van der Waals surface area contributed by atoms with Crippen molar-refractivity contribution in [3.63, 3.8) is 0 Å². The summed E-state index contributed by atoms with van der Waals surface area (Å²) in [6, 6.07) is 8.72. The van der Waals surface area contributed by atoms with Crippen LogP contribution in [0.25, 0.3) is 6.08 Å². The van der Waals surface area contributed by atoms with Crippen LogP contribution in [0, 0.1) is 0 Å². The molecule has 0 saturated carbocycles. The number of methoxy groups -OCH3 is 4. The monoisotopic (exact) mass is 477 g/mol. The van der Waals surface area contributed by atoms with Crippen molar-refractivity contribution in [1.82, 2.24) is 4.90 Å². The number of hydrogen-bond donors (Lipinski definition) is 0. The maximum Gasteiger partial charge on any atom is 0.331 e.